The Balaban J connectivity index is 1.50. The number of anilines is 2. The van der Waals surface area contributed by atoms with Gasteiger partial charge in [0.1, 0.15) is 16.8 Å². The van der Waals surface area contributed by atoms with Gasteiger partial charge >= 0.3 is 0 Å². The van der Waals surface area contributed by atoms with E-state index in [1.807, 2.05) is 12.3 Å². The lowest BCUT2D eigenvalue weighted by atomic mass is 9.71. The molecule has 0 amide bonds. The fourth-order valence-electron chi connectivity index (χ4n) is 4.94. The molecule has 32 heavy (non-hydrogen) atoms. The van der Waals surface area contributed by atoms with Gasteiger partial charge in [-0.05, 0) is 68.4 Å². The zero-order chi connectivity index (χ0) is 22.3. The molecule has 0 saturated carbocycles. The van der Waals surface area contributed by atoms with E-state index in [0.717, 1.165) is 73.1 Å². The van der Waals surface area contributed by atoms with Crippen molar-refractivity contribution in [1.82, 2.24) is 19.7 Å². The van der Waals surface area contributed by atoms with Crippen molar-refractivity contribution in [3.8, 4) is 17.5 Å². The van der Waals surface area contributed by atoms with E-state index >= 15 is 0 Å². The number of thiophene rings is 1. The van der Waals surface area contributed by atoms with Crippen molar-refractivity contribution >= 4 is 33.8 Å². The van der Waals surface area contributed by atoms with E-state index < -0.39 is 0 Å². The maximum Gasteiger partial charge on any atom is 0.226 e. The molecule has 3 aromatic heterocycles. The van der Waals surface area contributed by atoms with Crippen LogP contribution in [-0.2, 0) is 11.8 Å². The van der Waals surface area contributed by atoms with Crippen LogP contribution in [0.25, 0.3) is 11.4 Å². The summed E-state index contributed by atoms with van der Waals surface area (Å²) >= 11 is 3.08. The Kier molecular flexibility index (Phi) is 5.61. The molecule has 2 atom stereocenters. The molecule has 9 heteroatoms. The first-order valence-corrected chi connectivity index (χ1v) is 12.7. The Morgan fingerprint density at radius 1 is 1.34 bits per heavy atom. The number of aryl methyl sites for hydroxylation is 1. The third-order valence-corrected chi connectivity index (χ3v) is 8.82. The lowest BCUT2D eigenvalue weighted by Crippen LogP contribution is -2.38. The lowest BCUT2D eigenvalue weighted by molar-refractivity contribution is 0.477. The number of nitrogens with zero attached hydrogens (tertiary/aromatic N) is 5. The maximum atomic E-state index is 9.76. The zero-order valence-electron chi connectivity index (χ0n) is 18.4. The summed E-state index contributed by atoms with van der Waals surface area (Å²) in [5.74, 6) is 0.761. The molecule has 166 valence electrons. The summed E-state index contributed by atoms with van der Waals surface area (Å²) in [5, 5.41) is 13.9. The molecular formula is C23H27N7S2. The third kappa shape index (κ3) is 3.56. The van der Waals surface area contributed by atoms with Crippen LogP contribution < -0.4 is 16.0 Å². The third-order valence-electron chi connectivity index (χ3n) is 6.69. The standard InChI is InChI=1S/C23H27N7S2/c1-14-13-26-8-4-10-30(14)22-27-9-6-16(28-22)17-11-19(32-29-17)23(2)7-3-5-18-20(23)15(12-24)21(25)31-18/h6,9,11,14,26H,3-5,7-8,10,13,25H2,1-2H3/t14-,23+/m0/s1. The van der Waals surface area contributed by atoms with Gasteiger partial charge in [0.05, 0.1) is 11.3 Å². The molecule has 2 aliphatic rings. The molecule has 0 radical (unpaired) electrons. The van der Waals surface area contributed by atoms with Crippen LogP contribution in [0.4, 0.5) is 10.9 Å². The average molecular weight is 466 g/mol. The highest BCUT2D eigenvalue weighted by molar-refractivity contribution is 7.16. The number of hydrogen-bond acceptors (Lipinski definition) is 9. The van der Waals surface area contributed by atoms with Gasteiger partial charge in [-0.15, -0.1) is 11.3 Å². The number of rotatable bonds is 3. The molecule has 1 aliphatic carbocycles. The largest absolute Gasteiger partial charge is 0.389 e. The Morgan fingerprint density at radius 2 is 2.22 bits per heavy atom. The monoisotopic (exact) mass is 465 g/mol. The number of nitrogens with two attached hydrogens (primary N) is 1. The summed E-state index contributed by atoms with van der Waals surface area (Å²) in [6, 6.07) is 6.78. The highest BCUT2D eigenvalue weighted by atomic mass is 32.1. The number of nitriles is 1. The fourth-order valence-corrected chi connectivity index (χ4v) is 7.04. The fraction of sp³-hybridized carbons (Fsp3) is 0.478. The van der Waals surface area contributed by atoms with Crippen LogP contribution in [0.5, 0.6) is 0 Å². The first-order valence-electron chi connectivity index (χ1n) is 11.1. The second-order valence-corrected chi connectivity index (χ2v) is 10.8. The van der Waals surface area contributed by atoms with Crippen molar-refractivity contribution in [2.45, 2.75) is 51.0 Å². The van der Waals surface area contributed by atoms with E-state index in [0.29, 0.717) is 16.6 Å². The highest BCUT2D eigenvalue weighted by Gasteiger charge is 2.40. The second-order valence-electron chi connectivity index (χ2n) is 8.86. The Bertz CT molecular complexity index is 1180. The molecule has 4 heterocycles. The van der Waals surface area contributed by atoms with Crippen molar-refractivity contribution in [2.75, 3.05) is 30.3 Å². The van der Waals surface area contributed by atoms with Crippen LogP contribution in [0, 0.1) is 11.3 Å². The average Bonchev–Trinajstić information content (AvgIpc) is 3.35. The first-order chi connectivity index (χ1) is 15.5. The van der Waals surface area contributed by atoms with Gasteiger partial charge in [0.25, 0.3) is 0 Å². The van der Waals surface area contributed by atoms with Crippen molar-refractivity contribution in [3.63, 3.8) is 0 Å². The molecule has 3 N–H and O–H groups in total. The zero-order valence-corrected chi connectivity index (χ0v) is 20.0. The molecule has 1 aliphatic heterocycles. The SMILES string of the molecule is C[C@H]1CNCCCN1c1nccc(-c2cc([C@@]3(C)CCCc4sc(N)c(C#N)c43)sn2)n1. The summed E-state index contributed by atoms with van der Waals surface area (Å²) in [4.78, 5) is 14.1. The Hall–Kier alpha value is -2.54. The molecule has 7 nitrogen and oxygen atoms in total. The van der Waals surface area contributed by atoms with Crippen molar-refractivity contribution in [3.05, 3.63) is 39.2 Å². The predicted octanol–water partition coefficient (Wildman–Crippen LogP) is 3.95. The highest BCUT2D eigenvalue weighted by Crippen LogP contribution is 2.50. The predicted molar refractivity (Wildman–Crippen MR) is 130 cm³/mol. The van der Waals surface area contributed by atoms with Crippen LogP contribution in [0.2, 0.25) is 0 Å². The molecule has 5 rings (SSSR count). The topological polar surface area (TPSA) is 104 Å². The molecule has 0 unspecified atom stereocenters. The van der Waals surface area contributed by atoms with Crippen LogP contribution in [0.15, 0.2) is 18.3 Å². The van der Waals surface area contributed by atoms with Crippen LogP contribution in [-0.4, -0.2) is 40.0 Å². The van der Waals surface area contributed by atoms with E-state index in [9.17, 15) is 5.26 Å². The lowest BCUT2D eigenvalue weighted by Gasteiger charge is -2.33. The summed E-state index contributed by atoms with van der Waals surface area (Å²) in [6.45, 7) is 7.33. The van der Waals surface area contributed by atoms with Crippen molar-refractivity contribution in [2.24, 2.45) is 0 Å². The van der Waals surface area contributed by atoms with Gasteiger partial charge in [-0.3, -0.25) is 0 Å². The molecule has 0 bridgehead atoms. The molecular weight excluding hydrogens is 438 g/mol. The van der Waals surface area contributed by atoms with Crippen LogP contribution in [0.1, 0.15) is 54.0 Å². The van der Waals surface area contributed by atoms with Crippen LogP contribution in [0.3, 0.4) is 0 Å². The van der Waals surface area contributed by atoms with E-state index in [4.69, 9.17) is 15.1 Å². The van der Waals surface area contributed by atoms with E-state index in [2.05, 4.69) is 41.2 Å². The van der Waals surface area contributed by atoms with Crippen molar-refractivity contribution in [1.29, 1.82) is 5.26 Å². The van der Waals surface area contributed by atoms with Gasteiger partial charge in [-0.25, -0.2) is 9.97 Å². The van der Waals surface area contributed by atoms with Crippen molar-refractivity contribution < 1.29 is 0 Å². The first kappa shape index (κ1) is 21.3. The van der Waals surface area contributed by atoms with Gasteiger partial charge in [0, 0.05) is 40.5 Å². The van der Waals surface area contributed by atoms with Gasteiger partial charge in [0.15, 0.2) is 0 Å². The normalized spacial score (nSPS) is 23.4. The summed E-state index contributed by atoms with van der Waals surface area (Å²) < 4.78 is 4.78. The Labute approximate surface area is 196 Å². The Morgan fingerprint density at radius 3 is 3.06 bits per heavy atom. The smallest absolute Gasteiger partial charge is 0.226 e. The van der Waals surface area contributed by atoms with Crippen LogP contribution >= 0.6 is 22.9 Å². The minimum atomic E-state index is -0.247. The second kappa shape index (κ2) is 8.43. The van der Waals surface area contributed by atoms with E-state index in [-0.39, 0.29) is 5.41 Å². The molecule has 0 spiro atoms. The van der Waals surface area contributed by atoms with Gasteiger partial charge in [0.2, 0.25) is 5.95 Å². The number of hydrogen-bond donors (Lipinski definition) is 2. The maximum absolute atomic E-state index is 9.76. The molecule has 3 aromatic rings. The molecule has 1 fully saturated rings. The number of fused-ring (bicyclic) bond motifs is 1. The summed E-state index contributed by atoms with van der Waals surface area (Å²) in [7, 11) is 0. The number of nitrogens with one attached hydrogen (secondary N) is 1. The minimum Gasteiger partial charge on any atom is -0.389 e. The van der Waals surface area contributed by atoms with E-state index in [1.165, 1.54) is 16.4 Å². The number of nitrogen functional groups attached to an aromatic ring is 1. The minimum absolute atomic E-state index is 0.247. The summed E-state index contributed by atoms with van der Waals surface area (Å²) in [5.41, 5.74) is 9.41. The van der Waals surface area contributed by atoms with E-state index in [1.54, 1.807) is 11.3 Å². The van der Waals surface area contributed by atoms with Gasteiger partial charge < -0.3 is 16.0 Å². The van der Waals surface area contributed by atoms with Gasteiger partial charge in [-0.1, -0.05) is 6.92 Å². The molecule has 0 aromatic carbocycles. The number of aromatic nitrogens is 3. The quantitative estimate of drug-likeness (QED) is 0.604. The summed E-state index contributed by atoms with van der Waals surface area (Å²) in [6.07, 6.45) is 5.96. The van der Waals surface area contributed by atoms with Gasteiger partial charge in [-0.2, -0.15) is 9.64 Å². The molecule has 1 saturated heterocycles.